The summed E-state index contributed by atoms with van der Waals surface area (Å²) in [4.78, 5) is 121. The van der Waals surface area contributed by atoms with Crippen LogP contribution in [0.3, 0.4) is 0 Å². The third kappa shape index (κ3) is 24.0. The number of nitrogens with one attached hydrogen (secondary N) is 6. The first-order valence-electron chi connectivity index (χ1n) is 29.6. The summed E-state index contributed by atoms with van der Waals surface area (Å²) in [5.41, 5.74) is 29.3. The summed E-state index contributed by atoms with van der Waals surface area (Å²) in [7, 11) is 5.38. The van der Waals surface area contributed by atoms with E-state index in [2.05, 4.69) is 31.9 Å². The highest BCUT2D eigenvalue weighted by Crippen LogP contribution is 2.29. The lowest BCUT2D eigenvalue weighted by atomic mass is 10.1. The first kappa shape index (κ1) is 72.6. The summed E-state index contributed by atoms with van der Waals surface area (Å²) in [5.74, 6) is -6.32. The molecule has 0 aliphatic heterocycles. The van der Waals surface area contributed by atoms with E-state index in [0.29, 0.717) is 96.7 Å². The Labute approximate surface area is 517 Å². The average Bonchev–Trinajstić information content (AvgIpc) is 2.00. The number of benzene rings is 4. The topological polar surface area (TPSA) is 432 Å². The third-order valence-corrected chi connectivity index (χ3v) is 14.0. The van der Waals surface area contributed by atoms with Crippen LogP contribution in [0.4, 0.5) is 11.4 Å². The molecular weight excluding hydrogens is 1150 g/mol. The minimum Gasteiger partial charge on any atom is -0.496 e. The van der Waals surface area contributed by atoms with Gasteiger partial charge in [0.1, 0.15) is 52.6 Å². The smallest absolute Gasteiger partial charge is 0.334 e. The van der Waals surface area contributed by atoms with Crippen LogP contribution in [0.5, 0.6) is 34.5 Å². The van der Waals surface area contributed by atoms with Gasteiger partial charge in [-0.2, -0.15) is 0 Å². The molecule has 486 valence electrons. The summed E-state index contributed by atoms with van der Waals surface area (Å²) >= 11 is 0. The van der Waals surface area contributed by atoms with Crippen molar-refractivity contribution in [2.75, 3.05) is 71.8 Å². The Morgan fingerprint density at radius 3 is 1.21 bits per heavy atom. The highest BCUT2D eigenvalue weighted by molar-refractivity contribution is 6.06. The molecule has 0 radical (unpaired) electrons. The standard InChI is InChI=1S/C62H87N11O16/c1-84-50-25-21-38(69-59(80)46(67)16-7-11-29-63)34-42(50)56(77)71-47(17-8-12-30-64)60(81)70-39-22-26-51(85-2)43(35-39)57(78)72-48(18-9-13-31-65)61(82)89-41-24-28-53(87-4)45(37-41)58(79)73-49(19-10-14-32-66)62(83)88-40-23-27-52(86-3)44(36-40)55(76)68-33-15-5-6-20-54(74)75/h21-28,34-37,46-49H,5-20,29-33,63-67H2,1-4H3,(H,68,76)(H,69,80)(H,70,81)(H,71,77)(H,72,78)(H,73,79)(H,74,75)/t46-,47-,48-,49-/m0/s1. The molecule has 4 aromatic rings. The number of aliphatic carboxylic acids is 1. The Morgan fingerprint density at radius 2 is 0.798 bits per heavy atom. The van der Waals surface area contributed by atoms with Crippen molar-refractivity contribution in [1.29, 1.82) is 0 Å². The normalized spacial score (nSPS) is 12.2. The van der Waals surface area contributed by atoms with Gasteiger partial charge in [0.25, 0.3) is 23.6 Å². The van der Waals surface area contributed by atoms with Gasteiger partial charge < -0.3 is 94.1 Å². The number of rotatable bonds is 41. The molecule has 0 aliphatic rings. The van der Waals surface area contributed by atoms with Crippen LogP contribution in [0.2, 0.25) is 0 Å². The number of ether oxygens (including phenoxy) is 6. The Hall–Kier alpha value is -8.89. The molecule has 17 N–H and O–H groups in total. The van der Waals surface area contributed by atoms with Crippen molar-refractivity contribution in [3.05, 3.63) is 95.1 Å². The fourth-order valence-corrected chi connectivity index (χ4v) is 9.09. The van der Waals surface area contributed by atoms with Gasteiger partial charge >= 0.3 is 17.9 Å². The first-order chi connectivity index (χ1) is 42.8. The zero-order valence-corrected chi connectivity index (χ0v) is 51.0. The van der Waals surface area contributed by atoms with E-state index in [9.17, 15) is 43.2 Å². The second kappa shape index (κ2) is 39.1. The number of carboxylic acids is 1. The Kier molecular flexibility index (Phi) is 31.9. The van der Waals surface area contributed by atoms with E-state index >= 15 is 0 Å². The Balaban J connectivity index is 1.53. The van der Waals surface area contributed by atoms with Crippen LogP contribution in [-0.4, -0.2) is 144 Å². The molecule has 0 heterocycles. The molecule has 0 unspecified atom stereocenters. The molecule has 4 atom stereocenters. The van der Waals surface area contributed by atoms with Crippen molar-refractivity contribution >= 4 is 64.7 Å². The molecule has 0 bridgehead atoms. The molecule has 0 saturated heterocycles. The van der Waals surface area contributed by atoms with Crippen molar-refractivity contribution in [2.45, 2.75) is 127 Å². The van der Waals surface area contributed by atoms with E-state index in [-0.39, 0.29) is 107 Å². The van der Waals surface area contributed by atoms with Crippen LogP contribution in [0.1, 0.15) is 144 Å². The maximum absolute atomic E-state index is 14.3. The minimum atomic E-state index is -1.30. The third-order valence-electron chi connectivity index (χ3n) is 14.0. The number of carboxylic acid groups (broad SMARTS) is 1. The minimum absolute atomic E-state index is 0.0171. The van der Waals surface area contributed by atoms with Gasteiger partial charge in [-0.05, 0) is 182 Å². The molecular formula is C62H87N11O16. The first-order valence-corrected chi connectivity index (χ1v) is 29.6. The fourth-order valence-electron chi connectivity index (χ4n) is 9.09. The molecule has 27 heteroatoms. The fraction of sp³-hybridized carbons (Fsp3) is 0.468. The van der Waals surface area contributed by atoms with Gasteiger partial charge in [0.2, 0.25) is 11.8 Å². The number of carbonyl (C=O) groups is 9. The molecule has 89 heavy (non-hydrogen) atoms. The Bertz CT molecular complexity index is 3020. The molecule has 6 amide bonds. The zero-order chi connectivity index (χ0) is 65.3. The molecule has 0 aliphatic carbocycles. The van der Waals surface area contributed by atoms with Gasteiger partial charge in [0.15, 0.2) is 0 Å². The quantitative estimate of drug-likeness (QED) is 0.0170. The van der Waals surface area contributed by atoms with Crippen molar-refractivity contribution in [3.63, 3.8) is 0 Å². The molecule has 0 fully saturated rings. The number of hydrogen-bond acceptors (Lipinski definition) is 20. The zero-order valence-electron chi connectivity index (χ0n) is 51.0. The number of amides is 6. The lowest BCUT2D eigenvalue weighted by Crippen LogP contribution is -2.44. The van der Waals surface area contributed by atoms with E-state index in [1.807, 2.05) is 0 Å². The molecule has 27 nitrogen and oxygen atoms in total. The summed E-state index contributed by atoms with van der Waals surface area (Å²) < 4.78 is 33.4. The van der Waals surface area contributed by atoms with Crippen molar-refractivity contribution in [3.8, 4) is 34.5 Å². The Morgan fingerprint density at radius 1 is 0.427 bits per heavy atom. The molecule has 0 saturated carbocycles. The second-order valence-electron chi connectivity index (χ2n) is 20.7. The average molecular weight is 1240 g/mol. The molecule has 4 rings (SSSR count). The summed E-state index contributed by atoms with van der Waals surface area (Å²) in [6.07, 6.45) is 6.38. The van der Waals surface area contributed by atoms with E-state index in [0.717, 1.165) is 0 Å². The summed E-state index contributed by atoms with van der Waals surface area (Å²) in [6.45, 7) is 1.62. The number of methoxy groups -OCH3 is 4. The number of unbranched alkanes of at least 4 members (excludes halogenated alkanes) is 6. The molecule has 0 spiro atoms. The SMILES string of the molecule is COc1ccc(OC(=O)[C@H](CCCCN)NC(=O)c2cc(OC(=O)[C@H](CCCCN)NC(=O)c3cc(NC(=O)[C@H](CCCCN)NC(=O)c4cc(NC(=O)[C@@H](N)CCCCN)ccc4OC)ccc3OC)ccc2OC)cc1C(=O)NCCCCCC(=O)O. The van der Waals surface area contributed by atoms with Gasteiger partial charge in [-0.3, -0.25) is 33.6 Å². The monoisotopic (exact) mass is 1240 g/mol. The number of carbonyl (C=O) groups excluding carboxylic acids is 8. The van der Waals surface area contributed by atoms with Crippen molar-refractivity contribution in [1.82, 2.24) is 21.3 Å². The largest absolute Gasteiger partial charge is 0.496 e. The summed E-state index contributed by atoms with van der Waals surface area (Å²) in [5, 5.41) is 25.3. The van der Waals surface area contributed by atoms with Crippen LogP contribution >= 0.6 is 0 Å². The van der Waals surface area contributed by atoms with Gasteiger partial charge in [-0.15, -0.1) is 0 Å². The molecule has 4 aromatic carbocycles. The summed E-state index contributed by atoms with van der Waals surface area (Å²) in [6, 6.07) is 12.4. The number of nitrogens with two attached hydrogens (primary N) is 5. The van der Waals surface area contributed by atoms with Crippen LogP contribution in [0.15, 0.2) is 72.8 Å². The van der Waals surface area contributed by atoms with Crippen LogP contribution < -0.4 is 89.0 Å². The van der Waals surface area contributed by atoms with Crippen molar-refractivity contribution in [2.24, 2.45) is 28.7 Å². The van der Waals surface area contributed by atoms with Gasteiger partial charge in [0, 0.05) is 24.3 Å². The van der Waals surface area contributed by atoms with E-state index < -0.39 is 77.5 Å². The lowest BCUT2D eigenvalue weighted by Gasteiger charge is -2.21. The molecule has 0 aromatic heterocycles. The highest BCUT2D eigenvalue weighted by atomic mass is 16.5. The van der Waals surface area contributed by atoms with Crippen molar-refractivity contribution < 1.29 is 76.7 Å². The van der Waals surface area contributed by atoms with Gasteiger partial charge in [-0.1, -0.05) is 12.8 Å². The second-order valence-corrected chi connectivity index (χ2v) is 20.7. The van der Waals surface area contributed by atoms with Gasteiger partial charge in [-0.25, -0.2) is 9.59 Å². The van der Waals surface area contributed by atoms with Crippen LogP contribution in [-0.2, 0) is 24.0 Å². The van der Waals surface area contributed by atoms with E-state index in [1.54, 1.807) is 6.07 Å². The maximum Gasteiger partial charge on any atom is 0.334 e. The maximum atomic E-state index is 14.3. The predicted molar refractivity (Wildman–Crippen MR) is 332 cm³/mol. The predicted octanol–water partition coefficient (Wildman–Crippen LogP) is 4.02. The number of anilines is 2. The van der Waals surface area contributed by atoms with Crippen LogP contribution in [0, 0.1) is 0 Å². The number of hydrogen-bond donors (Lipinski definition) is 12. The van der Waals surface area contributed by atoms with Crippen LogP contribution in [0.25, 0.3) is 0 Å². The lowest BCUT2D eigenvalue weighted by molar-refractivity contribution is -0.138. The highest BCUT2D eigenvalue weighted by Gasteiger charge is 2.30. The van der Waals surface area contributed by atoms with Gasteiger partial charge in [0.05, 0.1) is 56.7 Å². The van der Waals surface area contributed by atoms with E-state index in [4.69, 9.17) is 62.2 Å². The van der Waals surface area contributed by atoms with E-state index in [1.165, 1.54) is 95.2 Å². The number of esters is 2.